The molecular formula is C15H28ClN3O. The van der Waals surface area contributed by atoms with Crippen LogP contribution in [0, 0.1) is 6.92 Å². The van der Waals surface area contributed by atoms with E-state index in [0.29, 0.717) is 6.61 Å². The highest BCUT2D eigenvalue weighted by Gasteiger charge is 2.34. The summed E-state index contributed by atoms with van der Waals surface area (Å²) >= 11 is 6.38. The molecule has 1 heterocycles. The lowest BCUT2D eigenvalue weighted by molar-refractivity contribution is -0.0550. The summed E-state index contributed by atoms with van der Waals surface area (Å²) in [6.07, 6.45) is 1.77. The molecule has 1 rings (SSSR count). The summed E-state index contributed by atoms with van der Waals surface area (Å²) in [5.41, 5.74) is 1.75. The van der Waals surface area contributed by atoms with Gasteiger partial charge in [0.1, 0.15) is 0 Å². The fourth-order valence-corrected chi connectivity index (χ4v) is 2.86. The Kier molecular flexibility index (Phi) is 6.49. The average Bonchev–Trinajstić information content (AvgIpc) is 2.64. The molecule has 0 aliphatic carbocycles. The van der Waals surface area contributed by atoms with Gasteiger partial charge >= 0.3 is 0 Å². The Morgan fingerprint density at radius 2 is 2.05 bits per heavy atom. The van der Waals surface area contributed by atoms with Crippen LogP contribution >= 0.6 is 11.6 Å². The largest absolute Gasteiger partial charge is 0.374 e. The van der Waals surface area contributed by atoms with Crippen LogP contribution in [0.2, 0.25) is 5.02 Å². The Balaban J connectivity index is 3.02. The second-order valence-electron chi connectivity index (χ2n) is 5.38. The normalized spacial score (nSPS) is 16.1. The zero-order valence-corrected chi connectivity index (χ0v) is 14.3. The third-order valence-corrected chi connectivity index (χ3v) is 4.51. The van der Waals surface area contributed by atoms with Crippen LogP contribution in [0.1, 0.15) is 45.5 Å². The molecule has 2 unspecified atom stereocenters. The number of aryl methyl sites for hydroxylation is 2. The van der Waals surface area contributed by atoms with Crippen molar-refractivity contribution in [1.82, 2.24) is 15.1 Å². The van der Waals surface area contributed by atoms with E-state index in [1.165, 1.54) is 0 Å². The number of hydrogen-bond acceptors (Lipinski definition) is 3. The monoisotopic (exact) mass is 301 g/mol. The molecular weight excluding hydrogens is 274 g/mol. The van der Waals surface area contributed by atoms with Gasteiger partial charge in [0, 0.05) is 26.1 Å². The molecule has 0 amide bonds. The third kappa shape index (κ3) is 3.74. The summed E-state index contributed by atoms with van der Waals surface area (Å²) in [6, 6.07) is 0.213. The zero-order valence-electron chi connectivity index (χ0n) is 13.6. The molecule has 1 N–H and O–H groups in total. The highest BCUT2D eigenvalue weighted by Crippen LogP contribution is 2.27. The number of rotatable bonds is 8. The fourth-order valence-electron chi connectivity index (χ4n) is 2.62. The van der Waals surface area contributed by atoms with Crippen LogP contribution in [-0.2, 0) is 18.2 Å². The number of likely N-dealkylation sites (N-methyl/N-ethyl adjacent to an activating group) is 1. The topological polar surface area (TPSA) is 39.1 Å². The molecule has 0 fully saturated rings. The Bertz CT molecular complexity index is 433. The van der Waals surface area contributed by atoms with E-state index in [-0.39, 0.29) is 11.6 Å². The Labute approximate surface area is 127 Å². The molecule has 0 aliphatic heterocycles. The van der Waals surface area contributed by atoms with Crippen LogP contribution in [0.5, 0.6) is 0 Å². The van der Waals surface area contributed by atoms with Gasteiger partial charge in [-0.1, -0.05) is 25.4 Å². The van der Waals surface area contributed by atoms with Gasteiger partial charge in [-0.2, -0.15) is 5.10 Å². The number of nitrogens with zero attached hydrogens (tertiary/aromatic N) is 2. The van der Waals surface area contributed by atoms with Crippen molar-refractivity contribution in [3.05, 3.63) is 16.4 Å². The predicted molar refractivity (Wildman–Crippen MR) is 84.4 cm³/mol. The summed E-state index contributed by atoms with van der Waals surface area (Å²) < 4.78 is 7.90. The van der Waals surface area contributed by atoms with Crippen molar-refractivity contribution in [2.75, 3.05) is 13.2 Å². The van der Waals surface area contributed by atoms with Crippen molar-refractivity contribution in [3.8, 4) is 0 Å². The number of nitrogens with one attached hydrogen (secondary N) is 1. The summed E-state index contributed by atoms with van der Waals surface area (Å²) in [4.78, 5) is 0. The maximum atomic E-state index is 6.38. The molecule has 116 valence electrons. The SMILES string of the molecule is CCNC(Cc1c(Cl)c(C)nn1C)C(C)(CC)OCC. The maximum absolute atomic E-state index is 6.38. The molecule has 20 heavy (non-hydrogen) atoms. The van der Waals surface area contributed by atoms with Crippen LogP contribution in [0.4, 0.5) is 0 Å². The van der Waals surface area contributed by atoms with Crippen molar-refractivity contribution >= 4 is 11.6 Å². The molecule has 1 aromatic heterocycles. The molecule has 0 bridgehead atoms. The number of hydrogen-bond donors (Lipinski definition) is 1. The van der Waals surface area contributed by atoms with E-state index in [0.717, 1.165) is 35.8 Å². The first-order valence-electron chi connectivity index (χ1n) is 7.44. The number of ether oxygens (including phenoxy) is 1. The van der Waals surface area contributed by atoms with E-state index in [2.05, 4.69) is 31.2 Å². The van der Waals surface area contributed by atoms with Crippen LogP contribution < -0.4 is 5.32 Å². The molecule has 4 nitrogen and oxygen atoms in total. The van der Waals surface area contributed by atoms with Crippen LogP contribution in [0.25, 0.3) is 0 Å². The van der Waals surface area contributed by atoms with Gasteiger partial charge in [0.15, 0.2) is 0 Å². The van der Waals surface area contributed by atoms with Crippen LogP contribution in [0.15, 0.2) is 0 Å². The van der Waals surface area contributed by atoms with Gasteiger partial charge in [-0.25, -0.2) is 0 Å². The number of aromatic nitrogens is 2. The second-order valence-corrected chi connectivity index (χ2v) is 5.76. The number of halogens is 1. The second kappa shape index (κ2) is 7.43. The van der Waals surface area contributed by atoms with Crippen LogP contribution in [-0.4, -0.2) is 34.6 Å². The lowest BCUT2D eigenvalue weighted by Gasteiger charge is -2.37. The van der Waals surface area contributed by atoms with Crippen molar-refractivity contribution < 1.29 is 4.74 Å². The van der Waals surface area contributed by atoms with Gasteiger partial charge in [-0.3, -0.25) is 4.68 Å². The average molecular weight is 302 g/mol. The van der Waals surface area contributed by atoms with Gasteiger partial charge < -0.3 is 10.1 Å². The van der Waals surface area contributed by atoms with Crippen molar-refractivity contribution in [2.45, 2.75) is 59.1 Å². The Hall–Kier alpha value is -0.580. The fraction of sp³-hybridized carbons (Fsp3) is 0.800. The first-order valence-corrected chi connectivity index (χ1v) is 7.82. The summed E-state index contributed by atoms with van der Waals surface area (Å²) in [5, 5.41) is 8.71. The Morgan fingerprint density at radius 3 is 2.45 bits per heavy atom. The van der Waals surface area contributed by atoms with Gasteiger partial charge in [-0.15, -0.1) is 0 Å². The van der Waals surface area contributed by atoms with Crippen molar-refractivity contribution in [3.63, 3.8) is 0 Å². The standard InChI is InChI=1S/C15H28ClN3O/c1-7-15(5,20-9-3)13(17-8-2)10-12-14(16)11(4)18-19(12)6/h13,17H,7-10H2,1-6H3. The first-order chi connectivity index (χ1) is 9.39. The van der Waals surface area contributed by atoms with Crippen molar-refractivity contribution in [1.29, 1.82) is 0 Å². The minimum atomic E-state index is -0.202. The highest BCUT2D eigenvalue weighted by atomic mass is 35.5. The minimum absolute atomic E-state index is 0.202. The van der Waals surface area contributed by atoms with Gasteiger partial charge in [0.05, 0.1) is 22.0 Å². The molecule has 0 saturated heterocycles. The quantitative estimate of drug-likeness (QED) is 0.802. The lowest BCUT2D eigenvalue weighted by atomic mass is 9.89. The van der Waals surface area contributed by atoms with E-state index in [9.17, 15) is 0 Å². The summed E-state index contributed by atoms with van der Waals surface area (Å²) in [5.74, 6) is 0. The lowest BCUT2D eigenvalue weighted by Crippen LogP contribution is -2.51. The van der Waals surface area contributed by atoms with E-state index < -0.39 is 0 Å². The van der Waals surface area contributed by atoms with Gasteiger partial charge in [0.2, 0.25) is 0 Å². The molecule has 1 aromatic rings. The first kappa shape index (κ1) is 17.5. The zero-order chi connectivity index (χ0) is 15.3. The van der Waals surface area contributed by atoms with E-state index in [1.54, 1.807) is 0 Å². The van der Waals surface area contributed by atoms with Gasteiger partial charge in [-0.05, 0) is 33.7 Å². The van der Waals surface area contributed by atoms with E-state index in [4.69, 9.17) is 16.3 Å². The summed E-state index contributed by atoms with van der Waals surface area (Å²) in [7, 11) is 1.95. The molecule has 0 saturated carbocycles. The smallest absolute Gasteiger partial charge is 0.0847 e. The van der Waals surface area contributed by atoms with Crippen molar-refractivity contribution in [2.24, 2.45) is 7.05 Å². The van der Waals surface area contributed by atoms with E-state index in [1.807, 2.05) is 25.6 Å². The molecule has 2 atom stereocenters. The van der Waals surface area contributed by atoms with E-state index >= 15 is 0 Å². The molecule has 0 radical (unpaired) electrons. The molecule has 5 heteroatoms. The Morgan fingerprint density at radius 1 is 1.40 bits per heavy atom. The molecule has 0 aromatic carbocycles. The molecule has 0 spiro atoms. The van der Waals surface area contributed by atoms with Gasteiger partial charge in [0.25, 0.3) is 0 Å². The summed E-state index contributed by atoms with van der Waals surface area (Å²) in [6.45, 7) is 12.0. The highest BCUT2D eigenvalue weighted by molar-refractivity contribution is 6.31. The van der Waals surface area contributed by atoms with Crippen LogP contribution in [0.3, 0.4) is 0 Å². The predicted octanol–water partition coefficient (Wildman–Crippen LogP) is 3.11. The maximum Gasteiger partial charge on any atom is 0.0847 e. The third-order valence-electron chi connectivity index (χ3n) is 4.02. The molecule has 0 aliphatic rings. The minimum Gasteiger partial charge on any atom is -0.374 e.